The van der Waals surface area contributed by atoms with Crippen LogP contribution >= 0.6 is 0 Å². The molecule has 9 heteroatoms. The average Bonchev–Trinajstić information content (AvgIpc) is 3.36. The Hall–Kier alpha value is -3.59. The second-order valence-corrected chi connectivity index (χ2v) is 10.3. The van der Waals surface area contributed by atoms with Gasteiger partial charge in [-0.05, 0) is 43.0 Å². The number of benzene rings is 1. The third kappa shape index (κ3) is 5.79. The highest BCUT2D eigenvalue weighted by Crippen LogP contribution is 2.47. The van der Waals surface area contributed by atoms with Gasteiger partial charge in [-0.2, -0.15) is 0 Å². The predicted octanol–water partition coefficient (Wildman–Crippen LogP) is 3.00. The number of carbonyl (C=O) groups is 1. The highest BCUT2D eigenvalue weighted by Gasteiger charge is 2.36. The van der Waals surface area contributed by atoms with Gasteiger partial charge in [0, 0.05) is 12.5 Å². The van der Waals surface area contributed by atoms with Gasteiger partial charge in [0.2, 0.25) is 5.91 Å². The van der Waals surface area contributed by atoms with Crippen LogP contribution < -0.4 is 21.9 Å². The van der Waals surface area contributed by atoms with E-state index < -0.39 is 11.2 Å². The minimum Gasteiger partial charge on any atom is -0.464 e. The summed E-state index contributed by atoms with van der Waals surface area (Å²) in [6.07, 6.45) is 1.15. The van der Waals surface area contributed by atoms with Gasteiger partial charge in [-0.15, -0.1) is 0 Å². The molecule has 0 radical (unpaired) electrons. The first kappa shape index (κ1) is 25.5. The Morgan fingerprint density at radius 2 is 1.89 bits per heavy atom. The number of nitrogens with one attached hydrogen (secondary N) is 1. The number of amides is 1. The molecule has 1 aliphatic rings. The van der Waals surface area contributed by atoms with Gasteiger partial charge in [-0.1, -0.05) is 51.1 Å². The third-order valence-electron chi connectivity index (χ3n) is 6.50. The van der Waals surface area contributed by atoms with Crippen molar-refractivity contribution < 1.29 is 9.21 Å². The molecule has 3 N–H and O–H groups in total. The van der Waals surface area contributed by atoms with Gasteiger partial charge in [0.25, 0.3) is 5.56 Å². The minimum absolute atomic E-state index is 0.000590. The van der Waals surface area contributed by atoms with Crippen LogP contribution in [0.4, 0.5) is 11.5 Å². The van der Waals surface area contributed by atoms with Crippen LogP contribution in [0.3, 0.4) is 0 Å². The van der Waals surface area contributed by atoms with Gasteiger partial charge in [0.05, 0.1) is 19.6 Å². The second kappa shape index (κ2) is 10.6. The smallest absolute Gasteiger partial charge is 0.330 e. The molecule has 192 valence electrons. The highest BCUT2D eigenvalue weighted by molar-refractivity contribution is 5.96. The molecule has 1 aliphatic carbocycles. The lowest BCUT2D eigenvalue weighted by Gasteiger charge is -2.28. The average molecular weight is 494 g/mol. The lowest BCUT2D eigenvalue weighted by atomic mass is 10.2. The Bertz CT molecular complexity index is 1320. The lowest BCUT2D eigenvalue weighted by molar-refractivity contribution is -0.119. The molecule has 0 unspecified atom stereocenters. The Morgan fingerprint density at radius 1 is 1.19 bits per heavy atom. The van der Waals surface area contributed by atoms with E-state index in [0.29, 0.717) is 18.4 Å². The van der Waals surface area contributed by atoms with E-state index in [4.69, 9.17) is 10.2 Å². The molecule has 0 spiro atoms. The molecule has 1 amide bonds. The first-order chi connectivity index (χ1) is 17.1. The Labute approximate surface area is 210 Å². The summed E-state index contributed by atoms with van der Waals surface area (Å²) in [5.41, 5.74) is 5.94. The van der Waals surface area contributed by atoms with Gasteiger partial charge < -0.3 is 15.1 Å². The van der Waals surface area contributed by atoms with Crippen molar-refractivity contribution in [1.82, 2.24) is 14.5 Å². The minimum atomic E-state index is -0.673. The van der Waals surface area contributed by atoms with E-state index in [0.717, 1.165) is 23.5 Å². The Morgan fingerprint density at radius 3 is 2.53 bits per heavy atom. The maximum atomic E-state index is 13.5. The van der Waals surface area contributed by atoms with Crippen LogP contribution in [0.2, 0.25) is 0 Å². The number of nitrogens with two attached hydrogens (primary N) is 1. The van der Waals surface area contributed by atoms with Gasteiger partial charge in [-0.3, -0.25) is 24.0 Å². The lowest BCUT2D eigenvalue weighted by Crippen LogP contribution is -2.46. The van der Waals surface area contributed by atoms with Crippen LogP contribution in [0.15, 0.2) is 56.5 Å². The SMILES string of the molecule is CC(C)CN(C(=O)CN(C)Cc1ccc([C@H]2C[C@H]2C)o1)c1c(N)n(Cc2ccccc2)c(=O)[nH]c1=O. The zero-order valence-corrected chi connectivity index (χ0v) is 21.4. The molecule has 0 saturated heterocycles. The summed E-state index contributed by atoms with van der Waals surface area (Å²) in [4.78, 5) is 44.5. The van der Waals surface area contributed by atoms with Crippen LogP contribution in [0.25, 0.3) is 0 Å². The summed E-state index contributed by atoms with van der Waals surface area (Å²) < 4.78 is 7.28. The summed E-state index contributed by atoms with van der Waals surface area (Å²) in [6.45, 7) is 7.10. The molecule has 1 saturated carbocycles. The number of furan rings is 1. The number of hydrogen-bond donors (Lipinski definition) is 2. The number of aromatic amines is 1. The molecule has 36 heavy (non-hydrogen) atoms. The van der Waals surface area contributed by atoms with Crippen molar-refractivity contribution in [3.63, 3.8) is 0 Å². The maximum absolute atomic E-state index is 13.5. The van der Waals surface area contributed by atoms with E-state index in [1.165, 1.54) is 9.47 Å². The monoisotopic (exact) mass is 493 g/mol. The maximum Gasteiger partial charge on any atom is 0.330 e. The van der Waals surface area contributed by atoms with Crippen LogP contribution in [-0.4, -0.2) is 40.5 Å². The fourth-order valence-electron chi connectivity index (χ4n) is 4.48. The summed E-state index contributed by atoms with van der Waals surface area (Å²) >= 11 is 0. The molecule has 2 aromatic heterocycles. The van der Waals surface area contributed by atoms with Crippen molar-refractivity contribution in [2.45, 2.75) is 46.2 Å². The van der Waals surface area contributed by atoms with Gasteiger partial charge in [-0.25, -0.2) is 4.79 Å². The van der Waals surface area contributed by atoms with Crippen LogP contribution in [-0.2, 0) is 17.9 Å². The summed E-state index contributed by atoms with van der Waals surface area (Å²) in [6, 6.07) is 13.3. The van der Waals surface area contributed by atoms with Crippen molar-refractivity contribution in [2.75, 3.05) is 30.8 Å². The molecule has 1 aromatic carbocycles. The molecule has 3 aromatic rings. The number of carbonyl (C=O) groups excluding carboxylic acids is 1. The largest absolute Gasteiger partial charge is 0.464 e. The van der Waals surface area contributed by atoms with E-state index in [1.807, 2.05) is 68.3 Å². The Kier molecular flexibility index (Phi) is 7.49. The topological polar surface area (TPSA) is 118 Å². The number of H-pyrrole nitrogens is 1. The van der Waals surface area contributed by atoms with Crippen LogP contribution in [0.5, 0.6) is 0 Å². The summed E-state index contributed by atoms with van der Waals surface area (Å²) in [7, 11) is 1.83. The molecule has 9 nitrogen and oxygen atoms in total. The first-order valence-corrected chi connectivity index (χ1v) is 12.4. The molecule has 1 fully saturated rings. The number of anilines is 2. The molecular weight excluding hydrogens is 458 g/mol. The Balaban J connectivity index is 1.56. The summed E-state index contributed by atoms with van der Waals surface area (Å²) in [5.74, 6) is 2.70. The standard InChI is InChI=1S/C27H35N5O4/c1-17(2)13-31(23(33)16-30(4)15-20-10-11-22(36-20)21-12-18(21)3)24-25(28)32(27(35)29-26(24)34)14-19-8-6-5-7-9-19/h5-11,17-18,21H,12-16,28H2,1-4H3,(H,29,34,35)/t18-,21+/m1/s1. The molecule has 0 aliphatic heterocycles. The molecule has 4 rings (SSSR count). The van der Waals surface area contributed by atoms with Crippen LogP contribution in [0.1, 0.15) is 50.2 Å². The van der Waals surface area contributed by atoms with Crippen molar-refractivity contribution in [3.05, 3.63) is 80.4 Å². The van der Waals surface area contributed by atoms with Crippen molar-refractivity contribution in [2.24, 2.45) is 11.8 Å². The zero-order chi connectivity index (χ0) is 26.0. The fraction of sp³-hybridized carbons (Fsp3) is 0.444. The number of hydrogen-bond acceptors (Lipinski definition) is 6. The van der Waals surface area contributed by atoms with E-state index >= 15 is 0 Å². The second-order valence-electron chi connectivity index (χ2n) is 10.3. The quantitative estimate of drug-likeness (QED) is 0.448. The van der Waals surface area contributed by atoms with E-state index in [9.17, 15) is 14.4 Å². The number of rotatable bonds is 10. The van der Waals surface area contributed by atoms with Crippen molar-refractivity contribution in [1.29, 1.82) is 0 Å². The molecule has 2 heterocycles. The van der Waals surface area contributed by atoms with E-state index in [1.54, 1.807) is 0 Å². The number of likely N-dealkylation sites (N-methyl/N-ethyl adjacent to an activating group) is 1. The van der Waals surface area contributed by atoms with Crippen LogP contribution in [0, 0.1) is 11.8 Å². The highest BCUT2D eigenvalue weighted by atomic mass is 16.3. The van der Waals surface area contributed by atoms with E-state index in [-0.39, 0.29) is 43.0 Å². The van der Waals surface area contributed by atoms with Gasteiger partial charge in [0.15, 0.2) is 5.69 Å². The van der Waals surface area contributed by atoms with Crippen molar-refractivity contribution in [3.8, 4) is 0 Å². The normalized spacial score (nSPS) is 17.1. The molecule has 0 bridgehead atoms. The number of nitrogens with zero attached hydrogens (tertiary/aromatic N) is 3. The van der Waals surface area contributed by atoms with Gasteiger partial charge >= 0.3 is 5.69 Å². The van der Waals surface area contributed by atoms with Crippen molar-refractivity contribution >= 4 is 17.4 Å². The van der Waals surface area contributed by atoms with E-state index in [2.05, 4.69) is 11.9 Å². The number of aromatic nitrogens is 2. The molecular formula is C27H35N5O4. The first-order valence-electron chi connectivity index (χ1n) is 12.4. The number of nitrogen functional groups attached to an aromatic ring is 1. The fourth-order valence-corrected chi connectivity index (χ4v) is 4.48. The summed E-state index contributed by atoms with van der Waals surface area (Å²) in [5, 5.41) is 0. The van der Waals surface area contributed by atoms with Gasteiger partial charge in [0.1, 0.15) is 17.3 Å². The third-order valence-corrected chi connectivity index (χ3v) is 6.50. The molecule has 2 atom stereocenters. The zero-order valence-electron chi connectivity index (χ0n) is 21.4. The predicted molar refractivity (Wildman–Crippen MR) is 140 cm³/mol.